The van der Waals surface area contributed by atoms with Crippen LogP contribution >= 0.6 is 0 Å². The molecular weight excluding hydrogens is 228 g/mol. The molecule has 94 valence electrons. The predicted molar refractivity (Wildman–Crippen MR) is 59.3 cm³/mol. The van der Waals surface area contributed by atoms with Crippen molar-refractivity contribution < 1.29 is 18.3 Å². The summed E-state index contributed by atoms with van der Waals surface area (Å²) >= 11 is 0. The molecule has 0 bridgehead atoms. The lowest BCUT2D eigenvalue weighted by atomic mass is 10.2. The molecule has 1 aromatic carbocycles. The topological polar surface area (TPSA) is 38.3 Å². The molecule has 17 heavy (non-hydrogen) atoms. The van der Waals surface area contributed by atoms with E-state index in [2.05, 4.69) is 5.32 Å². The Morgan fingerprint density at radius 2 is 2.18 bits per heavy atom. The number of hydrogen-bond donors (Lipinski definition) is 1. The van der Waals surface area contributed by atoms with Gasteiger partial charge in [0.15, 0.2) is 0 Å². The maximum absolute atomic E-state index is 13.2. The molecule has 0 atom stereocenters. The van der Waals surface area contributed by atoms with Crippen molar-refractivity contribution in [2.24, 2.45) is 0 Å². The van der Waals surface area contributed by atoms with Crippen LogP contribution in [0.4, 0.5) is 8.78 Å². The molecule has 0 saturated carbocycles. The largest absolute Gasteiger partial charge is 0.464 e. The van der Waals surface area contributed by atoms with Gasteiger partial charge in [0, 0.05) is 31.1 Å². The van der Waals surface area contributed by atoms with Crippen LogP contribution in [0.3, 0.4) is 0 Å². The minimum absolute atomic E-state index is 0.246. The fraction of sp³-hybridized carbons (Fsp3) is 0.417. The van der Waals surface area contributed by atoms with Crippen LogP contribution in [0.2, 0.25) is 0 Å². The van der Waals surface area contributed by atoms with Gasteiger partial charge >= 0.3 is 5.97 Å². The van der Waals surface area contributed by atoms with Crippen molar-refractivity contribution in [1.82, 2.24) is 5.32 Å². The van der Waals surface area contributed by atoms with E-state index >= 15 is 0 Å². The summed E-state index contributed by atoms with van der Waals surface area (Å²) in [4.78, 5) is 10.8. The fourth-order valence-corrected chi connectivity index (χ4v) is 1.23. The van der Waals surface area contributed by atoms with Gasteiger partial charge < -0.3 is 10.1 Å². The third-order valence-electron chi connectivity index (χ3n) is 2.16. The van der Waals surface area contributed by atoms with Gasteiger partial charge in [0.2, 0.25) is 0 Å². The van der Waals surface area contributed by atoms with Gasteiger partial charge in [-0.25, -0.2) is 8.78 Å². The maximum atomic E-state index is 13.2. The van der Waals surface area contributed by atoms with Crippen LogP contribution in [-0.4, -0.2) is 19.1 Å². The van der Waals surface area contributed by atoms with Gasteiger partial charge in [-0.05, 0) is 6.07 Å². The van der Waals surface area contributed by atoms with E-state index in [9.17, 15) is 13.6 Å². The van der Waals surface area contributed by atoms with E-state index in [0.717, 1.165) is 6.07 Å². The molecule has 0 radical (unpaired) electrons. The highest BCUT2D eigenvalue weighted by Gasteiger charge is 2.03. The van der Waals surface area contributed by atoms with E-state index in [0.29, 0.717) is 18.5 Å². The highest BCUT2D eigenvalue weighted by molar-refractivity contribution is 5.68. The van der Waals surface area contributed by atoms with Crippen molar-refractivity contribution in [1.29, 1.82) is 0 Å². The molecule has 0 fully saturated rings. The first-order valence-corrected chi connectivity index (χ1v) is 5.43. The third-order valence-corrected chi connectivity index (χ3v) is 2.16. The van der Waals surface area contributed by atoms with Gasteiger partial charge in [0.1, 0.15) is 18.2 Å². The Bertz CT molecular complexity index is 383. The Hall–Kier alpha value is -1.49. The first-order chi connectivity index (χ1) is 8.13. The summed E-state index contributed by atoms with van der Waals surface area (Å²) in [5.41, 5.74) is 0.383. The molecule has 0 saturated heterocycles. The standard InChI is InChI=1S/C12H15F2NO2/c1-2-12(16)17-6-5-15-8-9-3-4-10(13)7-11(9)14/h3-4,7,15H,2,5-6,8H2,1H3. The molecule has 0 unspecified atom stereocenters. The SMILES string of the molecule is CCC(=O)OCCNCc1ccc(F)cc1F. The van der Waals surface area contributed by atoms with Crippen molar-refractivity contribution in [2.45, 2.75) is 19.9 Å². The molecule has 0 spiro atoms. The highest BCUT2D eigenvalue weighted by Crippen LogP contribution is 2.08. The van der Waals surface area contributed by atoms with Crippen LogP contribution in [0.15, 0.2) is 18.2 Å². The number of rotatable bonds is 6. The first-order valence-electron chi connectivity index (χ1n) is 5.43. The number of benzene rings is 1. The summed E-state index contributed by atoms with van der Waals surface area (Å²) in [6.45, 7) is 2.66. The number of halogens is 2. The minimum atomic E-state index is -0.594. The molecule has 1 aromatic rings. The van der Waals surface area contributed by atoms with Gasteiger partial charge in [-0.15, -0.1) is 0 Å². The third kappa shape index (κ3) is 4.91. The Morgan fingerprint density at radius 1 is 1.41 bits per heavy atom. The highest BCUT2D eigenvalue weighted by atomic mass is 19.1. The number of nitrogens with one attached hydrogen (secondary N) is 1. The van der Waals surface area contributed by atoms with Crippen LogP contribution < -0.4 is 5.32 Å². The summed E-state index contributed by atoms with van der Waals surface area (Å²) < 4.78 is 30.6. The van der Waals surface area contributed by atoms with Gasteiger partial charge in [-0.2, -0.15) is 0 Å². The van der Waals surface area contributed by atoms with Gasteiger partial charge in [0.25, 0.3) is 0 Å². The molecule has 0 aliphatic carbocycles. The summed E-state index contributed by atoms with van der Waals surface area (Å²) in [5.74, 6) is -1.44. The van der Waals surface area contributed by atoms with Crippen molar-refractivity contribution in [3.05, 3.63) is 35.4 Å². The molecule has 0 amide bonds. The number of carbonyl (C=O) groups excluding carboxylic acids is 1. The molecule has 0 aliphatic heterocycles. The Morgan fingerprint density at radius 3 is 2.82 bits per heavy atom. The smallest absolute Gasteiger partial charge is 0.305 e. The monoisotopic (exact) mass is 243 g/mol. The van der Waals surface area contributed by atoms with Gasteiger partial charge in [0.05, 0.1) is 0 Å². The van der Waals surface area contributed by atoms with Crippen molar-refractivity contribution in [3.8, 4) is 0 Å². The molecular formula is C12H15F2NO2. The summed E-state index contributed by atoms with van der Waals surface area (Å²) in [6, 6.07) is 3.43. The molecule has 5 heteroatoms. The van der Waals surface area contributed by atoms with Crippen LogP contribution in [0.1, 0.15) is 18.9 Å². The Labute approximate surface area is 98.8 Å². The number of carbonyl (C=O) groups is 1. The zero-order valence-electron chi connectivity index (χ0n) is 9.63. The fourth-order valence-electron chi connectivity index (χ4n) is 1.23. The number of hydrogen-bond acceptors (Lipinski definition) is 3. The predicted octanol–water partition coefficient (Wildman–Crippen LogP) is 2.01. The second-order valence-electron chi connectivity index (χ2n) is 3.49. The van der Waals surface area contributed by atoms with Crippen LogP contribution in [0, 0.1) is 11.6 Å². The molecule has 3 nitrogen and oxygen atoms in total. The second kappa shape index (κ2) is 6.96. The molecule has 0 aromatic heterocycles. The molecule has 1 rings (SSSR count). The van der Waals surface area contributed by atoms with Gasteiger partial charge in [-0.1, -0.05) is 13.0 Å². The maximum Gasteiger partial charge on any atom is 0.305 e. The normalized spacial score (nSPS) is 10.3. The van der Waals surface area contributed by atoms with Crippen LogP contribution in [-0.2, 0) is 16.1 Å². The van der Waals surface area contributed by atoms with E-state index in [1.54, 1.807) is 6.92 Å². The lowest BCUT2D eigenvalue weighted by Gasteiger charge is -2.06. The van der Waals surface area contributed by atoms with Crippen molar-refractivity contribution >= 4 is 5.97 Å². The average Bonchev–Trinajstić information content (AvgIpc) is 2.30. The average molecular weight is 243 g/mol. The summed E-state index contributed by atoms with van der Waals surface area (Å²) in [7, 11) is 0. The minimum Gasteiger partial charge on any atom is -0.464 e. The zero-order chi connectivity index (χ0) is 12.7. The first kappa shape index (κ1) is 13.6. The van der Waals surface area contributed by atoms with Crippen LogP contribution in [0.5, 0.6) is 0 Å². The quantitative estimate of drug-likeness (QED) is 0.613. The van der Waals surface area contributed by atoms with E-state index in [1.165, 1.54) is 12.1 Å². The Balaban J connectivity index is 2.24. The van der Waals surface area contributed by atoms with Crippen molar-refractivity contribution in [3.63, 3.8) is 0 Å². The zero-order valence-corrected chi connectivity index (χ0v) is 9.63. The number of ether oxygens (including phenoxy) is 1. The van der Waals surface area contributed by atoms with E-state index in [-0.39, 0.29) is 19.1 Å². The molecule has 0 heterocycles. The van der Waals surface area contributed by atoms with Crippen LogP contribution in [0.25, 0.3) is 0 Å². The summed E-state index contributed by atoms with van der Waals surface area (Å²) in [5, 5.41) is 2.90. The molecule has 1 N–H and O–H groups in total. The van der Waals surface area contributed by atoms with Gasteiger partial charge in [-0.3, -0.25) is 4.79 Å². The van der Waals surface area contributed by atoms with Crippen molar-refractivity contribution in [2.75, 3.05) is 13.2 Å². The second-order valence-corrected chi connectivity index (χ2v) is 3.49. The van der Waals surface area contributed by atoms with E-state index in [1.807, 2.05) is 0 Å². The molecule has 0 aliphatic rings. The number of esters is 1. The lowest BCUT2D eigenvalue weighted by Crippen LogP contribution is -2.21. The lowest BCUT2D eigenvalue weighted by molar-refractivity contribution is -0.143. The Kier molecular flexibility index (Phi) is 5.56. The van der Waals surface area contributed by atoms with E-state index < -0.39 is 11.6 Å². The summed E-state index contributed by atoms with van der Waals surface area (Å²) in [6.07, 6.45) is 0.340. The van der Waals surface area contributed by atoms with E-state index in [4.69, 9.17) is 4.74 Å².